The van der Waals surface area contributed by atoms with Crippen LogP contribution in [0.1, 0.15) is 12.0 Å². The quantitative estimate of drug-likeness (QED) is 0.753. The zero-order valence-electron chi connectivity index (χ0n) is 9.06. The average molecular weight is 239 g/mol. The standard InChI is InChI=1S/C13H15ClO2/c14-12-7-5-11(6-8-12)3-1-4-13-15-9-2-10-16-13/h1,4-8,13H,2-3,9-10H2/b4-1+. The second kappa shape index (κ2) is 6.04. The van der Waals surface area contributed by atoms with Crippen LogP contribution < -0.4 is 0 Å². The van der Waals surface area contributed by atoms with E-state index in [0.717, 1.165) is 31.1 Å². The van der Waals surface area contributed by atoms with Crippen LogP contribution in [0.15, 0.2) is 36.4 Å². The lowest BCUT2D eigenvalue weighted by Crippen LogP contribution is -2.22. The molecule has 1 aliphatic heterocycles. The van der Waals surface area contributed by atoms with Crippen LogP contribution in [-0.4, -0.2) is 19.5 Å². The van der Waals surface area contributed by atoms with Crippen molar-refractivity contribution in [1.29, 1.82) is 0 Å². The minimum absolute atomic E-state index is 0.166. The maximum atomic E-state index is 5.81. The molecular formula is C13H15ClO2. The summed E-state index contributed by atoms with van der Waals surface area (Å²) in [5, 5.41) is 0.770. The maximum absolute atomic E-state index is 5.81. The van der Waals surface area contributed by atoms with Crippen molar-refractivity contribution in [3.05, 3.63) is 47.0 Å². The van der Waals surface area contributed by atoms with Gasteiger partial charge in [0.2, 0.25) is 0 Å². The van der Waals surface area contributed by atoms with E-state index in [2.05, 4.69) is 6.08 Å². The molecule has 0 spiro atoms. The van der Waals surface area contributed by atoms with Crippen molar-refractivity contribution in [3.8, 4) is 0 Å². The van der Waals surface area contributed by atoms with Crippen LogP contribution in [0, 0.1) is 0 Å². The number of rotatable bonds is 3. The zero-order valence-corrected chi connectivity index (χ0v) is 9.82. The van der Waals surface area contributed by atoms with Crippen molar-refractivity contribution in [3.63, 3.8) is 0 Å². The minimum atomic E-state index is -0.166. The Bertz CT molecular complexity index is 339. The van der Waals surface area contributed by atoms with Crippen molar-refractivity contribution in [2.45, 2.75) is 19.1 Å². The lowest BCUT2D eigenvalue weighted by molar-refractivity contribution is -0.149. The third-order valence-electron chi connectivity index (χ3n) is 2.41. The SMILES string of the molecule is Clc1ccc(C/C=C/C2OCCCO2)cc1. The van der Waals surface area contributed by atoms with E-state index < -0.39 is 0 Å². The van der Waals surface area contributed by atoms with Gasteiger partial charge in [0.1, 0.15) is 0 Å². The van der Waals surface area contributed by atoms with Crippen LogP contribution in [0.4, 0.5) is 0 Å². The monoisotopic (exact) mass is 238 g/mol. The van der Waals surface area contributed by atoms with Crippen molar-refractivity contribution < 1.29 is 9.47 Å². The fourth-order valence-corrected chi connectivity index (χ4v) is 1.68. The fourth-order valence-electron chi connectivity index (χ4n) is 1.55. The molecule has 2 rings (SSSR count). The number of benzene rings is 1. The van der Waals surface area contributed by atoms with Gasteiger partial charge in [-0.05, 0) is 36.6 Å². The van der Waals surface area contributed by atoms with Crippen molar-refractivity contribution in [2.24, 2.45) is 0 Å². The Kier molecular flexibility index (Phi) is 4.40. The van der Waals surface area contributed by atoms with Crippen LogP contribution in [0.2, 0.25) is 5.02 Å². The summed E-state index contributed by atoms with van der Waals surface area (Å²) in [6, 6.07) is 7.85. The van der Waals surface area contributed by atoms with E-state index in [1.807, 2.05) is 30.3 Å². The summed E-state index contributed by atoms with van der Waals surface area (Å²) in [6.45, 7) is 1.58. The predicted molar refractivity (Wildman–Crippen MR) is 64.6 cm³/mol. The van der Waals surface area contributed by atoms with Gasteiger partial charge in [0, 0.05) is 5.02 Å². The third-order valence-corrected chi connectivity index (χ3v) is 2.66. The molecule has 1 aliphatic rings. The summed E-state index contributed by atoms with van der Waals surface area (Å²) in [5.41, 5.74) is 1.23. The molecular weight excluding hydrogens is 224 g/mol. The summed E-state index contributed by atoms with van der Waals surface area (Å²) < 4.78 is 10.8. The van der Waals surface area contributed by atoms with Gasteiger partial charge < -0.3 is 9.47 Å². The number of hydrogen-bond acceptors (Lipinski definition) is 2. The molecule has 0 aromatic heterocycles. The first kappa shape index (κ1) is 11.6. The van der Waals surface area contributed by atoms with Crippen LogP contribution in [0.25, 0.3) is 0 Å². The lowest BCUT2D eigenvalue weighted by Gasteiger charge is -2.19. The highest BCUT2D eigenvalue weighted by atomic mass is 35.5. The van der Waals surface area contributed by atoms with Crippen LogP contribution in [0.3, 0.4) is 0 Å². The van der Waals surface area contributed by atoms with Crippen molar-refractivity contribution in [1.82, 2.24) is 0 Å². The topological polar surface area (TPSA) is 18.5 Å². The molecule has 0 amide bonds. The summed E-state index contributed by atoms with van der Waals surface area (Å²) in [6.07, 6.45) is 5.73. The van der Waals surface area contributed by atoms with Gasteiger partial charge in [-0.2, -0.15) is 0 Å². The number of ether oxygens (including phenoxy) is 2. The molecule has 1 fully saturated rings. The smallest absolute Gasteiger partial charge is 0.176 e. The largest absolute Gasteiger partial charge is 0.349 e. The fraction of sp³-hybridized carbons (Fsp3) is 0.385. The molecule has 1 aromatic carbocycles. The Balaban J connectivity index is 1.81. The highest BCUT2D eigenvalue weighted by Gasteiger charge is 2.09. The molecule has 0 N–H and O–H groups in total. The van der Waals surface area contributed by atoms with Gasteiger partial charge in [0.05, 0.1) is 13.2 Å². The molecule has 0 aliphatic carbocycles. The first-order chi connectivity index (χ1) is 7.84. The van der Waals surface area contributed by atoms with E-state index in [9.17, 15) is 0 Å². The molecule has 1 saturated heterocycles. The first-order valence-corrected chi connectivity index (χ1v) is 5.87. The molecule has 3 heteroatoms. The Labute approximate surface area is 101 Å². The number of hydrogen-bond donors (Lipinski definition) is 0. The zero-order chi connectivity index (χ0) is 11.2. The normalized spacial score (nSPS) is 18.1. The Morgan fingerprint density at radius 1 is 1.19 bits per heavy atom. The molecule has 16 heavy (non-hydrogen) atoms. The van der Waals surface area contributed by atoms with Gasteiger partial charge in [-0.3, -0.25) is 0 Å². The maximum Gasteiger partial charge on any atom is 0.176 e. The van der Waals surface area contributed by atoms with Crippen molar-refractivity contribution in [2.75, 3.05) is 13.2 Å². The first-order valence-electron chi connectivity index (χ1n) is 5.49. The van der Waals surface area contributed by atoms with Crippen LogP contribution in [0.5, 0.6) is 0 Å². The van der Waals surface area contributed by atoms with Crippen LogP contribution >= 0.6 is 11.6 Å². The highest BCUT2D eigenvalue weighted by molar-refractivity contribution is 6.30. The summed E-state index contributed by atoms with van der Waals surface area (Å²) in [7, 11) is 0. The van der Waals surface area contributed by atoms with Gasteiger partial charge in [0.15, 0.2) is 6.29 Å². The summed E-state index contributed by atoms with van der Waals surface area (Å²) >= 11 is 5.81. The Morgan fingerprint density at radius 2 is 1.88 bits per heavy atom. The van der Waals surface area contributed by atoms with E-state index in [4.69, 9.17) is 21.1 Å². The minimum Gasteiger partial charge on any atom is -0.349 e. The predicted octanol–water partition coefficient (Wildman–Crippen LogP) is 3.20. The summed E-state index contributed by atoms with van der Waals surface area (Å²) in [4.78, 5) is 0. The molecule has 1 aromatic rings. The number of allylic oxidation sites excluding steroid dienone is 1. The molecule has 0 bridgehead atoms. The Morgan fingerprint density at radius 3 is 2.56 bits per heavy atom. The van der Waals surface area contributed by atoms with Crippen molar-refractivity contribution >= 4 is 11.6 Å². The molecule has 1 heterocycles. The van der Waals surface area contributed by atoms with E-state index in [1.54, 1.807) is 0 Å². The van der Waals surface area contributed by atoms with E-state index >= 15 is 0 Å². The molecule has 0 radical (unpaired) electrons. The van der Waals surface area contributed by atoms with Crippen LogP contribution in [-0.2, 0) is 15.9 Å². The molecule has 86 valence electrons. The van der Waals surface area contributed by atoms with Gasteiger partial charge in [-0.15, -0.1) is 0 Å². The van der Waals surface area contributed by atoms with E-state index in [-0.39, 0.29) is 6.29 Å². The molecule has 2 nitrogen and oxygen atoms in total. The third kappa shape index (κ3) is 3.63. The van der Waals surface area contributed by atoms with Gasteiger partial charge in [-0.25, -0.2) is 0 Å². The van der Waals surface area contributed by atoms with E-state index in [1.165, 1.54) is 5.56 Å². The van der Waals surface area contributed by atoms with Gasteiger partial charge >= 0.3 is 0 Å². The van der Waals surface area contributed by atoms with E-state index in [0.29, 0.717) is 0 Å². The second-order valence-electron chi connectivity index (χ2n) is 3.72. The molecule has 0 saturated carbocycles. The lowest BCUT2D eigenvalue weighted by atomic mass is 10.1. The second-order valence-corrected chi connectivity index (χ2v) is 4.16. The number of halogens is 1. The highest BCUT2D eigenvalue weighted by Crippen LogP contribution is 2.11. The van der Waals surface area contributed by atoms with Gasteiger partial charge in [-0.1, -0.05) is 29.8 Å². The average Bonchev–Trinajstić information content (AvgIpc) is 2.33. The summed E-state index contributed by atoms with van der Waals surface area (Å²) in [5.74, 6) is 0. The van der Waals surface area contributed by atoms with Gasteiger partial charge in [0.25, 0.3) is 0 Å². The molecule has 0 unspecified atom stereocenters. The Hall–Kier alpha value is -0.830. The molecule has 0 atom stereocenters.